The Kier molecular flexibility index (Phi) is 2.87. The van der Waals surface area contributed by atoms with Crippen molar-refractivity contribution in [3.05, 3.63) is 53.3 Å². The normalized spacial score (nSPS) is 14.0. The van der Waals surface area contributed by atoms with E-state index in [4.69, 9.17) is 11.1 Å². The van der Waals surface area contributed by atoms with Gasteiger partial charge in [-0.3, -0.25) is 5.41 Å². The zero-order valence-electron chi connectivity index (χ0n) is 10.5. The van der Waals surface area contributed by atoms with Gasteiger partial charge in [0.05, 0.1) is 0 Å². The molecular weight excluding hydrogens is 238 g/mol. The summed E-state index contributed by atoms with van der Waals surface area (Å²) < 4.78 is 0. The molecule has 0 radical (unpaired) electrons. The number of aromatic nitrogens is 2. The number of hydrogen-bond acceptors (Lipinski definition) is 4. The zero-order chi connectivity index (χ0) is 13.2. The van der Waals surface area contributed by atoms with E-state index in [1.807, 2.05) is 0 Å². The molecule has 2 heterocycles. The first-order valence-corrected chi connectivity index (χ1v) is 6.23. The summed E-state index contributed by atoms with van der Waals surface area (Å²) in [6, 6.07) is 10.1. The summed E-state index contributed by atoms with van der Waals surface area (Å²) in [5, 5.41) is 7.43. The molecule has 96 valence electrons. The van der Waals surface area contributed by atoms with Crippen molar-refractivity contribution in [3.63, 3.8) is 0 Å². The van der Waals surface area contributed by atoms with Gasteiger partial charge in [-0.1, -0.05) is 24.3 Å². The second-order valence-electron chi connectivity index (χ2n) is 4.60. The molecule has 1 aromatic heterocycles. The predicted molar refractivity (Wildman–Crippen MR) is 74.2 cm³/mol. The molecule has 0 bridgehead atoms. The van der Waals surface area contributed by atoms with Gasteiger partial charge in [0.15, 0.2) is 0 Å². The molecule has 0 spiro atoms. The van der Waals surface area contributed by atoms with Gasteiger partial charge in [-0.2, -0.15) is 0 Å². The Labute approximate surface area is 111 Å². The molecule has 0 unspecified atom stereocenters. The van der Waals surface area contributed by atoms with Gasteiger partial charge >= 0.3 is 0 Å². The summed E-state index contributed by atoms with van der Waals surface area (Å²) >= 11 is 0. The summed E-state index contributed by atoms with van der Waals surface area (Å²) in [7, 11) is 0. The molecule has 0 amide bonds. The highest BCUT2D eigenvalue weighted by molar-refractivity contribution is 5.93. The van der Waals surface area contributed by atoms with Crippen LogP contribution in [0.3, 0.4) is 0 Å². The quantitative estimate of drug-likeness (QED) is 0.625. The van der Waals surface area contributed by atoms with Gasteiger partial charge in [0.1, 0.15) is 11.5 Å². The number of benzene rings is 1. The van der Waals surface area contributed by atoms with Crippen molar-refractivity contribution in [2.75, 3.05) is 11.4 Å². The lowest BCUT2D eigenvalue weighted by atomic mass is 10.0. The Morgan fingerprint density at radius 2 is 2.00 bits per heavy atom. The fourth-order valence-electron chi connectivity index (χ4n) is 2.32. The van der Waals surface area contributed by atoms with Crippen LogP contribution in [-0.2, 0) is 13.0 Å². The summed E-state index contributed by atoms with van der Waals surface area (Å²) in [6.07, 6.45) is 2.64. The van der Waals surface area contributed by atoms with Crippen LogP contribution in [0.5, 0.6) is 0 Å². The standard InChI is InChI=1S/C14H15N5/c15-13(16)12-5-7-17-14(18-12)19-8-6-10-3-1-2-4-11(10)9-19/h1-5,7H,6,8-9H2,(H3,15,16). The van der Waals surface area contributed by atoms with Crippen molar-refractivity contribution >= 4 is 11.8 Å². The van der Waals surface area contributed by atoms with Crippen LogP contribution < -0.4 is 10.6 Å². The van der Waals surface area contributed by atoms with E-state index in [-0.39, 0.29) is 5.84 Å². The topological polar surface area (TPSA) is 78.9 Å². The van der Waals surface area contributed by atoms with E-state index in [0.717, 1.165) is 19.5 Å². The molecule has 0 atom stereocenters. The van der Waals surface area contributed by atoms with Gasteiger partial charge in [-0.15, -0.1) is 0 Å². The van der Waals surface area contributed by atoms with Crippen molar-refractivity contribution in [1.82, 2.24) is 9.97 Å². The van der Waals surface area contributed by atoms with Crippen LogP contribution in [0.4, 0.5) is 5.95 Å². The molecule has 2 aromatic rings. The van der Waals surface area contributed by atoms with E-state index < -0.39 is 0 Å². The minimum absolute atomic E-state index is 0.0268. The average Bonchev–Trinajstić information content (AvgIpc) is 2.47. The molecule has 1 aliphatic rings. The summed E-state index contributed by atoms with van der Waals surface area (Å²) in [6.45, 7) is 1.69. The summed E-state index contributed by atoms with van der Waals surface area (Å²) in [5.41, 5.74) is 8.64. The Morgan fingerprint density at radius 3 is 2.79 bits per heavy atom. The van der Waals surface area contributed by atoms with Gasteiger partial charge in [-0.25, -0.2) is 9.97 Å². The number of hydrogen-bond donors (Lipinski definition) is 2. The lowest BCUT2D eigenvalue weighted by Crippen LogP contribution is -2.32. The van der Waals surface area contributed by atoms with Crippen LogP contribution in [0, 0.1) is 5.41 Å². The lowest BCUT2D eigenvalue weighted by Gasteiger charge is -2.28. The van der Waals surface area contributed by atoms with Crippen LogP contribution >= 0.6 is 0 Å². The van der Waals surface area contributed by atoms with E-state index in [1.165, 1.54) is 11.1 Å². The van der Waals surface area contributed by atoms with Gasteiger partial charge in [-0.05, 0) is 23.6 Å². The SMILES string of the molecule is N=C(N)c1ccnc(N2CCc3ccccc3C2)n1. The fraction of sp³-hybridized carbons (Fsp3) is 0.214. The molecule has 0 saturated heterocycles. The zero-order valence-corrected chi connectivity index (χ0v) is 10.5. The average molecular weight is 253 g/mol. The first-order valence-electron chi connectivity index (χ1n) is 6.23. The molecule has 0 saturated carbocycles. The van der Waals surface area contributed by atoms with Crippen LogP contribution in [0.2, 0.25) is 0 Å². The van der Waals surface area contributed by atoms with Crippen LogP contribution in [0.25, 0.3) is 0 Å². The number of nitrogens with one attached hydrogen (secondary N) is 1. The monoisotopic (exact) mass is 253 g/mol. The van der Waals surface area contributed by atoms with Crippen molar-refractivity contribution in [2.24, 2.45) is 5.73 Å². The highest BCUT2D eigenvalue weighted by Crippen LogP contribution is 2.21. The largest absolute Gasteiger partial charge is 0.382 e. The van der Waals surface area contributed by atoms with Crippen molar-refractivity contribution in [1.29, 1.82) is 5.41 Å². The number of fused-ring (bicyclic) bond motifs is 1. The van der Waals surface area contributed by atoms with E-state index in [9.17, 15) is 0 Å². The van der Waals surface area contributed by atoms with E-state index >= 15 is 0 Å². The first-order chi connectivity index (χ1) is 9.24. The summed E-state index contributed by atoms with van der Waals surface area (Å²) in [4.78, 5) is 10.7. The molecule has 3 N–H and O–H groups in total. The highest BCUT2D eigenvalue weighted by atomic mass is 15.3. The number of nitrogens with two attached hydrogens (primary N) is 1. The van der Waals surface area contributed by atoms with E-state index in [2.05, 4.69) is 39.1 Å². The lowest BCUT2D eigenvalue weighted by molar-refractivity contribution is 0.707. The molecular formula is C14H15N5. The number of nitrogens with zero attached hydrogens (tertiary/aromatic N) is 3. The molecule has 5 nitrogen and oxygen atoms in total. The van der Waals surface area contributed by atoms with Crippen LogP contribution in [-0.4, -0.2) is 22.3 Å². The number of anilines is 1. The summed E-state index contributed by atoms with van der Waals surface area (Å²) in [5.74, 6) is 0.614. The fourth-order valence-corrected chi connectivity index (χ4v) is 2.32. The molecule has 19 heavy (non-hydrogen) atoms. The first kappa shape index (κ1) is 11.6. The third-order valence-corrected chi connectivity index (χ3v) is 3.33. The Morgan fingerprint density at radius 1 is 1.21 bits per heavy atom. The maximum absolute atomic E-state index is 7.43. The van der Waals surface area contributed by atoms with Gasteiger partial charge in [0.2, 0.25) is 5.95 Å². The Balaban J connectivity index is 1.89. The molecule has 1 aromatic carbocycles. The molecule has 3 rings (SSSR count). The molecule has 0 fully saturated rings. The third-order valence-electron chi connectivity index (χ3n) is 3.33. The van der Waals surface area contributed by atoms with Crippen molar-refractivity contribution in [2.45, 2.75) is 13.0 Å². The second-order valence-corrected chi connectivity index (χ2v) is 4.60. The predicted octanol–water partition coefficient (Wildman–Crippen LogP) is 1.32. The Bertz CT molecular complexity index is 623. The minimum Gasteiger partial charge on any atom is -0.382 e. The third kappa shape index (κ3) is 2.27. The highest BCUT2D eigenvalue weighted by Gasteiger charge is 2.18. The van der Waals surface area contributed by atoms with Gasteiger partial charge < -0.3 is 10.6 Å². The van der Waals surface area contributed by atoms with Crippen LogP contribution in [0.15, 0.2) is 36.5 Å². The second kappa shape index (κ2) is 4.68. The van der Waals surface area contributed by atoms with Crippen molar-refractivity contribution < 1.29 is 0 Å². The molecule has 0 aliphatic carbocycles. The Hall–Kier alpha value is -2.43. The van der Waals surface area contributed by atoms with Crippen LogP contribution in [0.1, 0.15) is 16.8 Å². The van der Waals surface area contributed by atoms with E-state index in [1.54, 1.807) is 12.3 Å². The maximum Gasteiger partial charge on any atom is 0.226 e. The molecule has 1 aliphatic heterocycles. The van der Waals surface area contributed by atoms with Gasteiger partial charge in [0.25, 0.3) is 0 Å². The smallest absolute Gasteiger partial charge is 0.226 e. The maximum atomic E-state index is 7.43. The number of amidine groups is 1. The number of rotatable bonds is 2. The van der Waals surface area contributed by atoms with E-state index in [0.29, 0.717) is 11.6 Å². The molecule has 5 heteroatoms. The van der Waals surface area contributed by atoms with Crippen molar-refractivity contribution in [3.8, 4) is 0 Å². The minimum atomic E-state index is -0.0268. The van der Waals surface area contributed by atoms with Gasteiger partial charge in [0, 0.05) is 19.3 Å². The number of nitrogen functional groups attached to an aromatic ring is 1.